The summed E-state index contributed by atoms with van der Waals surface area (Å²) in [4.78, 5) is 8.80. The van der Waals surface area contributed by atoms with E-state index in [9.17, 15) is 5.11 Å². The molecule has 0 atom stereocenters. The van der Waals surface area contributed by atoms with Gasteiger partial charge in [-0.05, 0) is 56.8 Å². The Morgan fingerprint density at radius 2 is 1.81 bits per heavy atom. The van der Waals surface area contributed by atoms with Crippen LogP contribution in [0.5, 0.6) is 0 Å². The molecule has 1 saturated carbocycles. The van der Waals surface area contributed by atoms with Crippen molar-refractivity contribution in [3.8, 4) is 0 Å². The van der Waals surface area contributed by atoms with Crippen LogP contribution >= 0.6 is 0 Å². The van der Waals surface area contributed by atoms with Gasteiger partial charge in [0.05, 0.1) is 5.60 Å². The van der Waals surface area contributed by atoms with Gasteiger partial charge in [0, 0.05) is 17.8 Å². The number of aliphatic hydroxyl groups is 1. The number of nitrogens with zero attached hydrogens (tertiary/aromatic N) is 2. The fourth-order valence-corrected chi connectivity index (χ4v) is 3.49. The predicted molar refractivity (Wildman–Crippen MR) is 84.4 cm³/mol. The number of anilines is 1. The molecule has 1 fully saturated rings. The van der Waals surface area contributed by atoms with Crippen molar-refractivity contribution >= 4 is 5.82 Å². The summed E-state index contributed by atoms with van der Waals surface area (Å²) < 4.78 is 0. The highest BCUT2D eigenvalue weighted by atomic mass is 16.3. The number of rotatable bonds is 3. The highest BCUT2D eigenvalue weighted by Crippen LogP contribution is 2.40. The summed E-state index contributed by atoms with van der Waals surface area (Å²) in [5.41, 5.74) is 2.25. The summed E-state index contributed by atoms with van der Waals surface area (Å²) in [6, 6.07) is 0. The van der Waals surface area contributed by atoms with Gasteiger partial charge in [0.25, 0.3) is 0 Å². The molecule has 3 rings (SSSR count). The van der Waals surface area contributed by atoms with Crippen molar-refractivity contribution in [2.75, 3.05) is 11.9 Å². The minimum atomic E-state index is -0.581. The average Bonchev–Trinajstić information content (AvgIpc) is 2.49. The molecule has 0 amide bonds. The van der Waals surface area contributed by atoms with E-state index < -0.39 is 5.60 Å². The van der Waals surface area contributed by atoms with Gasteiger partial charge in [-0.1, -0.05) is 13.8 Å². The summed E-state index contributed by atoms with van der Waals surface area (Å²) in [6.07, 6.45) is 10.1. The third-order valence-corrected chi connectivity index (χ3v) is 5.24. The molecule has 4 heteroatoms. The quantitative estimate of drug-likeness (QED) is 0.897. The minimum Gasteiger partial charge on any atom is -0.388 e. The number of aromatic nitrogens is 2. The van der Waals surface area contributed by atoms with Gasteiger partial charge in [0.15, 0.2) is 0 Å². The van der Waals surface area contributed by atoms with Gasteiger partial charge >= 0.3 is 0 Å². The Morgan fingerprint density at radius 3 is 2.57 bits per heavy atom. The van der Waals surface area contributed by atoms with Gasteiger partial charge in [-0.3, -0.25) is 0 Å². The van der Waals surface area contributed by atoms with Crippen LogP contribution in [-0.2, 0) is 12.8 Å². The Balaban J connectivity index is 1.65. The van der Waals surface area contributed by atoms with Gasteiger partial charge in [-0.2, -0.15) is 0 Å². The highest BCUT2D eigenvalue weighted by Gasteiger charge is 2.36. The van der Waals surface area contributed by atoms with Gasteiger partial charge < -0.3 is 10.4 Å². The molecule has 0 bridgehead atoms. The van der Waals surface area contributed by atoms with E-state index in [2.05, 4.69) is 29.1 Å². The minimum absolute atomic E-state index is 0.375. The summed E-state index contributed by atoms with van der Waals surface area (Å²) in [5.74, 6) is 0.943. The molecule has 1 aromatic heterocycles. The van der Waals surface area contributed by atoms with E-state index in [4.69, 9.17) is 0 Å². The first-order valence-corrected chi connectivity index (χ1v) is 8.27. The van der Waals surface area contributed by atoms with Gasteiger partial charge in [-0.25, -0.2) is 9.97 Å². The van der Waals surface area contributed by atoms with E-state index in [0.717, 1.165) is 44.3 Å². The summed E-state index contributed by atoms with van der Waals surface area (Å²) in [5, 5.41) is 14.2. The fraction of sp³-hybridized carbons (Fsp3) is 0.765. The molecule has 0 aliphatic heterocycles. The number of aryl methyl sites for hydroxylation is 1. The lowest BCUT2D eigenvalue weighted by atomic mass is 9.71. The van der Waals surface area contributed by atoms with Gasteiger partial charge in [0.1, 0.15) is 12.1 Å². The molecule has 2 aliphatic rings. The van der Waals surface area contributed by atoms with Crippen LogP contribution in [0, 0.1) is 5.41 Å². The number of nitrogens with one attached hydrogen (secondary N) is 1. The molecule has 2 aliphatic carbocycles. The van der Waals surface area contributed by atoms with Crippen LogP contribution in [-0.4, -0.2) is 27.2 Å². The molecule has 1 heterocycles. The Morgan fingerprint density at radius 1 is 1.10 bits per heavy atom. The number of hydrogen-bond donors (Lipinski definition) is 2. The van der Waals surface area contributed by atoms with E-state index in [0.29, 0.717) is 12.0 Å². The first-order chi connectivity index (χ1) is 9.98. The highest BCUT2D eigenvalue weighted by molar-refractivity contribution is 5.47. The molecule has 1 aromatic rings. The second-order valence-electron chi connectivity index (χ2n) is 7.60. The molecule has 21 heavy (non-hydrogen) atoms. The standard InChI is InChI=1S/C17H27N3O/c1-16(2)7-9-17(21,10-8-16)11-18-15-13-5-3-4-6-14(13)19-12-20-15/h12,21H,3-11H2,1-2H3,(H,18,19,20). The van der Waals surface area contributed by atoms with Crippen LogP contribution in [0.2, 0.25) is 0 Å². The van der Waals surface area contributed by atoms with Crippen LogP contribution < -0.4 is 5.32 Å². The molecular formula is C17H27N3O. The topological polar surface area (TPSA) is 58.0 Å². The molecule has 0 spiro atoms. The van der Waals surface area contributed by atoms with Crippen molar-refractivity contribution in [1.29, 1.82) is 0 Å². The normalized spacial score (nSPS) is 23.4. The zero-order chi connectivity index (χ0) is 14.9. The molecule has 0 aromatic carbocycles. The largest absolute Gasteiger partial charge is 0.388 e. The number of fused-ring (bicyclic) bond motifs is 1. The van der Waals surface area contributed by atoms with Crippen molar-refractivity contribution in [3.63, 3.8) is 0 Å². The lowest BCUT2D eigenvalue weighted by Gasteiger charge is -2.40. The Labute approximate surface area is 127 Å². The van der Waals surface area contributed by atoms with Crippen LogP contribution in [0.15, 0.2) is 6.33 Å². The summed E-state index contributed by atoms with van der Waals surface area (Å²) >= 11 is 0. The smallest absolute Gasteiger partial charge is 0.132 e. The second-order valence-corrected chi connectivity index (χ2v) is 7.60. The molecule has 0 saturated heterocycles. The van der Waals surface area contributed by atoms with E-state index in [-0.39, 0.29) is 0 Å². The second kappa shape index (κ2) is 5.56. The van der Waals surface area contributed by atoms with Crippen molar-refractivity contribution in [3.05, 3.63) is 17.6 Å². The van der Waals surface area contributed by atoms with E-state index in [1.807, 2.05) is 0 Å². The molecule has 116 valence electrons. The molecule has 4 nitrogen and oxygen atoms in total. The first-order valence-electron chi connectivity index (χ1n) is 8.27. The molecule has 2 N–H and O–H groups in total. The van der Waals surface area contributed by atoms with E-state index in [1.165, 1.54) is 24.1 Å². The summed E-state index contributed by atoms with van der Waals surface area (Å²) in [7, 11) is 0. The van der Waals surface area contributed by atoms with E-state index >= 15 is 0 Å². The maximum absolute atomic E-state index is 10.8. The lowest BCUT2D eigenvalue weighted by molar-refractivity contribution is -0.0146. The van der Waals surface area contributed by atoms with Crippen LogP contribution in [0.25, 0.3) is 0 Å². The molecular weight excluding hydrogens is 262 g/mol. The predicted octanol–water partition coefficient (Wildman–Crippen LogP) is 3.10. The van der Waals surface area contributed by atoms with Crippen molar-refractivity contribution in [2.24, 2.45) is 5.41 Å². The third kappa shape index (κ3) is 3.37. The van der Waals surface area contributed by atoms with Crippen LogP contribution in [0.4, 0.5) is 5.82 Å². The van der Waals surface area contributed by atoms with Crippen LogP contribution in [0.3, 0.4) is 0 Å². The average molecular weight is 289 g/mol. The summed E-state index contributed by atoms with van der Waals surface area (Å²) in [6.45, 7) is 5.19. The maximum Gasteiger partial charge on any atom is 0.132 e. The lowest BCUT2D eigenvalue weighted by Crippen LogP contribution is -2.42. The zero-order valence-electron chi connectivity index (χ0n) is 13.3. The van der Waals surface area contributed by atoms with Crippen molar-refractivity contribution in [1.82, 2.24) is 9.97 Å². The SMILES string of the molecule is CC1(C)CCC(O)(CNc2ncnc3c2CCCC3)CC1. The van der Waals surface area contributed by atoms with E-state index in [1.54, 1.807) is 6.33 Å². The number of hydrogen-bond acceptors (Lipinski definition) is 4. The Bertz CT molecular complexity index is 503. The Hall–Kier alpha value is -1.16. The first kappa shape index (κ1) is 14.8. The fourth-order valence-electron chi connectivity index (χ4n) is 3.49. The molecule has 0 unspecified atom stereocenters. The van der Waals surface area contributed by atoms with Gasteiger partial charge in [0.2, 0.25) is 0 Å². The molecule has 0 radical (unpaired) electrons. The van der Waals surface area contributed by atoms with Gasteiger partial charge in [-0.15, -0.1) is 0 Å². The Kier molecular flexibility index (Phi) is 3.91. The van der Waals surface area contributed by atoms with Crippen molar-refractivity contribution < 1.29 is 5.11 Å². The van der Waals surface area contributed by atoms with Crippen LogP contribution in [0.1, 0.15) is 63.6 Å². The third-order valence-electron chi connectivity index (χ3n) is 5.24. The van der Waals surface area contributed by atoms with Crippen molar-refractivity contribution in [2.45, 2.75) is 70.8 Å². The maximum atomic E-state index is 10.8. The monoisotopic (exact) mass is 289 g/mol. The zero-order valence-corrected chi connectivity index (χ0v) is 13.3.